The van der Waals surface area contributed by atoms with E-state index in [0.717, 1.165) is 32.4 Å². The number of carbonyl (C=O) groups is 1. The van der Waals surface area contributed by atoms with Gasteiger partial charge in [-0.2, -0.15) is 0 Å². The number of nitrogens with two attached hydrogens (primary N) is 1. The molecule has 1 atom stereocenters. The number of carbonyl (C=O) groups excluding carboxylic acids is 1. The van der Waals surface area contributed by atoms with Crippen molar-refractivity contribution >= 4 is 5.91 Å². The van der Waals surface area contributed by atoms with Gasteiger partial charge in [-0.3, -0.25) is 4.79 Å². The first-order valence-electron chi connectivity index (χ1n) is 6.52. The summed E-state index contributed by atoms with van der Waals surface area (Å²) in [5.74, 6) is 0.852. The van der Waals surface area contributed by atoms with Gasteiger partial charge in [0.05, 0.1) is 0 Å². The SMILES string of the molecule is CCCN(C(=O)CCC(C)CCN)C(C)C. The lowest BCUT2D eigenvalue weighted by atomic mass is 10.0. The zero-order valence-electron chi connectivity index (χ0n) is 11.3. The van der Waals surface area contributed by atoms with Crippen molar-refractivity contribution in [2.45, 2.75) is 59.4 Å². The highest BCUT2D eigenvalue weighted by Crippen LogP contribution is 2.12. The van der Waals surface area contributed by atoms with Crippen molar-refractivity contribution in [1.29, 1.82) is 0 Å². The molecule has 1 unspecified atom stereocenters. The largest absolute Gasteiger partial charge is 0.340 e. The normalized spacial score (nSPS) is 12.9. The number of nitrogens with zero attached hydrogens (tertiary/aromatic N) is 1. The second kappa shape index (κ2) is 8.57. The second-order valence-corrected chi connectivity index (χ2v) is 4.90. The Balaban J connectivity index is 4.00. The number of hydrogen-bond donors (Lipinski definition) is 1. The fraction of sp³-hybridized carbons (Fsp3) is 0.923. The van der Waals surface area contributed by atoms with E-state index in [0.29, 0.717) is 24.3 Å². The fourth-order valence-corrected chi connectivity index (χ4v) is 1.85. The first kappa shape index (κ1) is 15.4. The molecule has 0 aliphatic carbocycles. The summed E-state index contributed by atoms with van der Waals surface area (Å²) < 4.78 is 0. The molecule has 0 fully saturated rings. The smallest absolute Gasteiger partial charge is 0.222 e. The Morgan fingerprint density at radius 1 is 1.25 bits per heavy atom. The molecule has 1 amide bonds. The first-order chi connectivity index (χ1) is 7.52. The molecular formula is C13H28N2O. The van der Waals surface area contributed by atoms with E-state index in [9.17, 15) is 4.79 Å². The summed E-state index contributed by atoms with van der Waals surface area (Å²) in [7, 11) is 0. The predicted octanol–water partition coefficient (Wildman–Crippen LogP) is 2.40. The van der Waals surface area contributed by atoms with Gasteiger partial charge in [-0.15, -0.1) is 0 Å². The lowest BCUT2D eigenvalue weighted by Gasteiger charge is -2.26. The zero-order chi connectivity index (χ0) is 12.6. The molecule has 0 rings (SSSR count). The van der Waals surface area contributed by atoms with Gasteiger partial charge in [0.25, 0.3) is 0 Å². The van der Waals surface area contributed by atoms with Gasteiger partial charge in [0.15, 0.2) is 0 Å². The van der Waals surface area contributed by atoms with E-state index in [4.69, 9.17) is 5.73 Å². The summed E-state index contributed by atoms with van der Waals surface area (Å²) in [5.41, 5.74) is 5.50. The molecule has 96 valence electrons. The first-order valence-corrected chi connectivity index (χ1v) is 6.52. The van der Waals surface area contributed by atoms with Crippen molar-refractivity contribution in [1.82, 2.24) is 4.90 Å². The fourth-order valence-electron chi connectivity index (χ4n) is 1.85. The van der Waals surface area contributed by atoms with Crippen LogP contribution in [0.2, 0.25) is 0 Å². The maximum atomic E-state index is 12.0. The molecule has 0 aliphatic heterocycles. The van der Waals surface area contributed by atoms with Crippen LogP contribution < -0.4 is 5.73 Å². The third kappa shape index (κ3) is 6.11. The van der Waals surface area contributed by atoms with Crippen LogP contribution in [0.15, 0.2) is 0 Å². The van der Waals surface area contributed by atoms with E-state index in [1.54, 1.807) is 0 Å². The average Bonchev–Trinajstić information content (AvgIpc) is 2.22. The van der Waals surface area contributed by atoms with E-state index < -0.39 is 0 Å². The molecular weight excluding hydrogens is 200 g/mol. The molecule has 2 N–H and O–H groups in total. The molecule has 0 radical (unpaired) electrons. The lowest BCUT2D eigenvalue weighted by molar-refractivity contribution is -0.133. The van der Waals surface area contributed by atoms with Crippen LogP contribution in [0.5, 0.6) is 0 Å². The van der Waals surface area contributed by atoms with E-state index in [2.05, 4.69) is 27.7 Å². The minimum atomic E-state index is 0.292. The predicted molar refractivity (Wildman–Crippen MR) is 69.2 cm³/mol. The molecule has 16 heavy (non-hydrogen) atoms. The zero-order valence-corrected chi connectivity index (χ0v) is 11.3. The van der Waals surface area contributed by atoms with Crippen LogP contribution in [-0.4, -0.2) is 29.9 Å². The molecule has 0 aromatic rings. The maximum Gasteiger partial charge on any atom is 0.222 e. The van der Waals surface area contributed by atoms with Crippen LogP contribution >= 0.6 is 0 Å². The quantitative estimate of drug-likeness (QED) is 0.693. The molecule has 3 heteroatoms. The van der Waals surface area contributed by atoms with Crippen molar-refractivity contribution in [2.24, 2.45) is 11.7 Å². The molecule has 0 heterocycles. The summed E-state index contributed by atoms with van der Waals surface area (Å²) in [6, 6.07) is 0.317. The van der Waals surface area contributed by atoms with Crippen LogP contribution in [0.4, 0.5) is 0 Å². The summed E-state index contributed by atoms with van der Waals surface area (Å²) >= 11 is 0. The van der Waals surface area contributed by atoms with Gasteiger partial charge in [0.2, 0.25) is 5.91 Å². The van der Waals surface area contributed by atoms with Crippen LogP contribution in [0, 0.1) is 5.92 Å². The Morgan fingerprint density at radius 2 is 1.88 bits per heavy atom. The Kier molecular flexibility index (Phi) is 8.26. The van der Waals surface area contributed by atoms with E-state index in [1.807, 2.05) is 4.90 Å². The molecule has 0 aromatic carbocycles. The standard InChI is InChI=1S/C13H28N2O/c1-5-10-15(11(2)3)13(16)7-6-12(4)8-9-14/h11-12H,5-10,14H2,1-4H3. The van der Waals surface area contributed by atoms with E-state index in [-0.39, 0.29) is 0 Å². The third-order valence-corrected chi connectivity index (χ3v) is 2.92. The van der Waals surface area contributed by atoms with Crippen LogP contribution in [0.3, 0.4) is 0 Å². The summed E-state index contributed by atoms with van der Waals surface area (Å²) in [4.78, 5) is 14.0. The van der Waals surface area contributed by atoms with Gasteiger partial charge in [-0.1, -0.05) is 13.8 Å². The van der Waals surface area contributed by atoms with Gasteiger partial charge in [-0.25, -0.2) is 0 Å². The lowest BCUT2D eigenvalue weighted by Crippen LogP contribution is -2.37. The minimum absolute atomic E-state index is 0.292. The number of hydrogen-bond acceptors (Lipinski definition) is 2. The van der Waals surface area contributed by atoms with Gasteiger partial charge >= 0.3 is 0 Å². The molecule has 0 aliphatic rings. The van der Waals surface area contributed by atoms with Gasteiger partial charge < -0.3 is 10.6 Å². The highest BCUT2D eigenvalue weighted by Gasteiger charge is 2.16. The molecule has 0 saturated heterocycles. The molecule has 3 nitrogen and oxygen atoms in total. The van der Waals surface area contributed by atoms with Gasteiger partial charge in [0.1, 0.15) is 0 Å². The Hall–Kier alpha value is -0.570. The highest BCUT2D eigenvalue weighted by molar-refractivity contribution is 5.76. The van der Waals surface area contributed by atoms with Crippen molar-refractivity contribution in [2.75, 3.05) is 13.1 Å². The average molecular weight is 228 g/mol. The molecule has 0 saturated carbocycles. The maximum absolute atomic E-state index is 12.0. The summed E-state index contributed by atoms with van der Waals surface area (Å²) in [6.07, 6.45) is 3.67. The van der Waals surface area contributed by atoms with Crippen LogP contribution in [0.1, 0.15) is 53.4 Å². The highest BCUT2D eigenvalue weighted by atomic mass is 16.2. The van der Waals surface area contributed by atoms with Crippen LogP contribution in [0.25, 0.3) is 0 Å². The van der Waals surface area contributed by atoms with E-state index in [1.165, 1.54) is 0 Å². The Morgan fingerprint density at radius 3 is 2.31 bits per heavy atom. The van der Waals surface area contributed by atoms with Gasteiger partial charge in [0, 0.05) is 19.0 Å². The number of amides is 1. The van der Waals surface area contributed by atoms with Crippen molar-refractivity contribution in [3.63, 3.8) is 0 Å². The molecule has 0 bridgehead atoms. The van der Waals surface area contributed by atoms with E-state index >= 15 is 0 Å². The van der Waals surface area contributed by atoms with Gasteiger partial charge in [-0.05, 0) is 45.6 Å². The topological polar surface area (TPSA) is 46.3 Å². The van der Waals surface area contributed by atoms with Crippen molar-refractivity contribution in [3.05, 3.63) is 0 Å². The Labute approximate surface area is 100 Å². The third-order valence-electron chi connectivity index (χ3n) is 2.92. The monoisotopic (exact) mass is 228 g/mol. The van der Waals surface area contributed by atoms with Crippen LogP contribution in [-0.2, 0) is 4.79 Å². The summed E-state index contributed by atoms with van der Waals surface area (Å²) in [5, 5.41) is 0. The Bertz CT molecular complexity index is 192. The van der Waals surface area contributed by atoms with Crippen molar-refractivity contribution in [3.8, 4) is 0 Å². The second-order valence-electron chi connectivity index (χ2n) is 4.90. The number of rotatable bonds is 8. The molecule has 0 spiro atoms. The summed E-state index contributed by atoms with van der Waals surface area (Å²) in [6.45, 7) is 10.0. The minimum Gasteiger partial charge on any atom is -0.340 e. The molecule has 0 aromatic heterocycles. The van der Waals surface area contributed by atoms with Crippen molar-refractivity contribution < 1.29 is 4.79 Å².